The smallest absolute Gasteiger partial charge is 0.326 e. The van der Waals surface area contributed by atoms with E-state index >= 15 is 0 Å². The largest absolute Gasteiger partial charge is 0.496 e. The van der Waals surface area contributed by atoms with Gasteiger partial charge in [0.2, 0.25) is 5.91 Å². The molecule has 0 unspecified atom stereocenters. The molecule has 0 aliphatic rings. The summed E-state index contributed by atoms with van der Waals surface area (Å²) in [7, 11) is 1.60. The summed E-state index contributed by atoms with van der Waals surface area (Å²) in [6.07, 6.45) is 1.98. The number of carboxylic acids is 1. The number of fused-ring (bicyclic) bond motifs is 1. The normalized spacial score (nSPS) is 11.9. The molecule has 0 aliphatic heterocycles. The monoisotopic (exact) mass is 435 g/mol. The van der Waals surface area contributed by atoms with Gasteiger partial charge in [-0.3, -0.25) is 4.79 Å². The van der Waals surface area contributed by atoms with E-state index in [0.29, 0.717) is 11.4 Å². The summed E-state index contributed by atoms with van der Waals surface area (Å²) < 4.78 is 5.37. The molecule has 158 valence electrons. The van der Waals surface area contributed by atoms with E-state index in [-0.39, 0.29) is 18.7 Å². The summed E-state index contributed by atoms with van der Waals surface area (Å²) in [6, 6.07) is 14.2. The molecule has 7 nitrogen and oxygen atoms in total. The topological polar surface area (TPSA) is 104 Å². The van der Waals surface area contributed by atoms with Crippen LogP contribution in [0.4, 0.5) is 0 Å². The third kappa shape index (κ3) is 4.59. The number of carbonyl (C=O) groups is 2. The van der Waals surface area contributed by atoms with Crippen LogP contribution in [0, 0.1) is 0 Å². The van der Waals surface area contributed by atoms with Crippen LogP contribution in [0.2, 0.25) is 0 Å². The maximum atomic E-state index is 12.5. The van der Waals surface area contributed by atoms with Crippen LogP contribution in [0.15, 0.2) is 60.1 Å². The fourth-order valence-electron chi connectivity index (χ4n) is 3.46. The van der Waals surface area contributed by atoms with Crippen LogP contribution in [0.25, 0.3) is 21.5 Å². The van der Waals surface area contributed by atoms with Crippen LogP contribution in [-0.2, 0) is 22.4 Å². The summed E-state index contributed by atoms with van der Waals surface area (Å²) in [4.78, 5) is 32.0. The molecule has 8 heteroatoms. The Morgan fingerprint density at radius 1 is 1.19 bits per heavy atom. The highest BCUT2D eigenvalue weighted by atomic mass is 32.1. The number of carboxylic acid groups (broad SMARTS) is 1. The molecular formula is C23H21N3O4S. The van der Waals surface area contributed by atoms with Crippen molar-refractivity contribution in [2.75, 3.05) is 7.11 Å². The Hall–Kier alpha value is -3.65. The zero-order valence-electron chi connectivity index (χ0n) is 16.8. The number of para-hydroxylation sites is 2. The molecule has 0 radical (unpaired) electrons. The summed E-state index contributed by atoms with van der Waals surface area (Å²) in [5.74, 6) is -0.756. The van der Waals surface area contributed by atoms with Crippen molar-refractivity contribution in [3.05, 3.63) is 71.4 Å². The lowest BCUT2D eigenvalue weighted by Gasteiger charge is -2.14. The molecule has 2 aromatic heterocycles. The van der Waals surface area contributed by atoms with Gasteiger partial charge in [-0.15, -0.1) is 11.3 Å². The summed E-state index contributed by atoms with van der Waals surface area (Å²) >= 11 is 1.41. The van der Waals surface area contributed by atoms with Gasteiger partial charge in [-0.25, -0.2) is 9.78 Å². The first kappa shape index (κ1) is 20.6. The van der Waals surface area contributed by atoms with E-state index in [1.807, 2.05) is 48.5 Å². The van der Waals surface area contributed by atoms with Crippen LogP contribution < -0.4 is 10.1 Å². The highest BCUT2D eigenvalue weighted by Crippen LogP contribution is 2.32. The molecular weight excluding hydrogens is 414 g/mol. The number of hydrogen-bond donors (Lipinski definition) is 3. The lowest BCUT2D eigenvalue weighted by molar-refractivity contribution is -0.141. The van der Waals surface area contributed by atoms with Crippen molar-refractivity contribution in [1.82, 2.24) is 15.3 Å². The first-order valence-electron chi connectivity index (χ1n) is 9.70. The van der Waals surface area contributed by atoms with Gasteiger partial charge in [0.15, 0.2) is 0 Å². The third-order valence-electron chi connectivity index (χ3n) is 4.96. The van der Waals surface area contributed by atoms with E-state index in [9.17, 15) is 14.7 Å². The van der Waals surface area contributed by atoms with E-state index < -0.39 is 12.0 Å². The number of aromatic nitrogens is 2. The standard InChI is InChI=1S/C23H21N3O4S/c1-30-20-9-5-3-7-17(20)22-25-15(13-31-22)11-21(27)26-19(23(28)29)10-14-12-24-18-8-4-2-6-16(14)18/h2-9,12-13,19,24H,10-11H2,1H3,(H,26,27)(H,28,29)/t19-/m0/s1. The predicted octanol–water partition coefficient (Wildman–Crippen LogP) is 3.65. The van der Waals surface area contributed by atoms with E-state index in [4.69, 9.17) is 4.74 Å². The quantitative estimate of drug-likeness (QED) is 0.392. The number of hydrogen-bond acceptors (Lipinski definition) is 5. The number of nitrogens with zero attached hydrogens (tertiary/aromatic N) is 1. The molecule has 0 spiro atoms. The highest BCUT2D eigenvalue weighted by molar-refractivity contribution is 7.13. The number of nitrogens with one attached hydrogen (secondary N) is 2. The van der Waals surface area contributed by atoms with Crippen molar-refractivity contribution in [2.24, 2.45) is 0 Å². The average molecular weight is 436 g/mol. The summed E-state index contributed by atoms with van der Waals surface area (Å²) in [6.45, 7) is 0. The zero-order chi connectivity index (χ0) is 21.8. The molecule has 31 heavy (non-hydrogen) atoms. The van der Waals surface area contributed by atoms with Crippen LogP contribution in [-0.4, -0.2) is 40.1 Å². The van der Waals surface area contributed by atoms with Crippen molar-refractivity contribution in [3.63, 3.8) is 0 Å². The number of benzene rings is 2. The van der Waals surface area contributed by atoms with E-state index in [2.05, 4.69) is 15.3 Å². The SMILES string of the molecule is COc1ccccc1-c1nc(CC(=O)N[C@@H](Cc2c[nH]c3ccccc23)C(=O)O)cs1. The number of aliphatic carboxylic acids is 1. The van der Waals surface area contributed by atoms with Gasteiger partial charge in [0.25, 0.3) is 0 Å². The van der Waals surface area contributed by atoms with Crippen LogP contribution in [0.1, 0.15) is 11.3 Å². The fourth-order valence-corrected chi connectivity index (χ4v) is 4.31. The second-order valence-electron chi connectivity index (χ2n) is 7.04. The Kier molecular flexibility index (Phi) is 5.99. The first-order chi connectivity index (χ1) is 15.0. The van der Waals surface area contributed by atoms with Crippen LogP contribution >= 0.6 is 11.3 Å². The molecule has 0 saturated heterocycles. The Morgan fingerprint density at radius 3 is 2.77 bits per heavy atom. The number of H-pyrrole nitrogens is 1. The van der Waals surface area contributed by atoms with Gasteiger partial charge in [-0.2, -0.15) is 0 Å². The Labute approximate surface area is 182 Å². The molecule has 2 heterocycles. The van der Waals surface area contributed by atoms with Gasteiger partial charge in [0, 0.05) is 28.9 Å². The van der Waals surface area contributed by atoms with Gasteiger partial charge in [0.05, 0.1) is 24.8 Å². The number of methoxy groups -OCH3 is 1. The van der Waals surface area contributed by atoms with E-state index in [1.54, 1.807) is 18.7 Å². The molecule has 0 bridgehead atoms. The Balaban J connectivity index is 1.44. The molecule has 0 saturated carbocycles. The van der Waals surface area contributed by atoms with Gasteiger partial charge < -0.3 is 20.1 Å². The van der Waals surface area contributed by atoms with E-state index in [1.165, 1.54) is 11.3 Å². The van der Waals surface area contributed by atoms with Crippen molar-refractivity contribution >= 4 is 34.1 Å². The molecule has 4 rings (SSSR count). The number of thiazole rings is 1. The predicted molar refractivity (Wildman–Crippen MR) is 119 cm³/mol. The maximum absolute atomic E-state index is 12.5. The minimum Gasteiger partial charge on any atom is -0.496 e. The first-order valence-corrected chi connectivity index (χ1v) is 10.6. The summed E-state index contributed by atoms with van der Waals surface area (Å²) in [5, 5.41) is 15.7. The fraction of sp³-hybridized carbons (Fsp3) is 0.174. The highest BCUT2D eigenvalue weighted by Gasteiger charge is 2.22. The second-order valence-corrected chi connectivity index (χ2v) is 7.90. The Bertz CT molecular complexity index is 1230. The lowest BCUT2D eigenvalue weighted by atomic mass is 10.0. The molecule has 4 aromatic rings. The number of rotatable bonds is 8. The minimum atomic E-state index is -1.08. The van der Waals surface area contributed by atoms with Gasteiger partial charge >= 0.3 is 5.97 Å². The minimum absolute atomic E-state index is 0.00329. The number of amides is 1. The van der Waals surface area contributed by atoms with Gasteiger partial charge in [0.1, 0.15) is 16.8 Å². The van der Waals surface area contributed by atoms with Gasteiger partial charge in [-0.1, -0.05) is 30.3 Å². The zero-order valence-corrected chi connectivity index (χ0v) is 17.6. The number of carbonyl (C=O) groups excluding carboxylic acids is 1. The molecule has 0 aliphatic carbocycles. The second kappa shape index (κ2) is 9.01. The Morgan fingerprint density at radius 2 is 1.97 bits per heavy atom. The maximum Gasteiger partial charge on any atom is 0.326 e. The van der Waals surface area contributed by atoms with Crippen LogP contribution in [0.5, 0.6) is 5.75 Å². The van der Waals surface area contributed by atoms with Crippen molar-refractivity contribution in [2.45, 2.75) is 18.9 Å². The van der Waals surface area contributed by atoms with Crippen molar-refractivity contribution in [1.29, 1.82) is 0 Å². The van der Waals surface area contributed by atoms with Crippen molar-refractivity contribution in [3.8, 4) is 16.3 Å². The van der Waals surface area contributed by atoms with E-state index in [0.717, 1.165) is 27.0 Å². The molecule has 1 amide bonds. The molecule has 0 fully saturated rings. The number of aromatic amines is 1. The van der Waals surface area contributed by atoms with Crippen molar-refractivity contribution < 1.29 is 19.4 Å². The average Bonchev–Trinajstić information content (AvgIpc) is 3.40. The van der Waals surface area contributed by atoms with Gasteiger partial charge in [-0.05, 0) is 23.8 Å². The van der Waals surface area contributed by atoms with Crippen LogP contribution in [0.3, 0.4) is 0 Å². The number of ether oxygens (including phenoxy) is 1. The molecule has 1 atom stereocenters. The molecule has 3 N–H and O–H groups in total. The molecule has 2 aromatic carbocycles. The summed E-state index contributed by atoms with van der Waals surface area (Å²) in [5.41, 5.74) is 3.21. The lowest BCUT2D eigenvalue weighted by Crippen LogP contribution is -2.43. The third-order valence-corrected chi connectivity index (χ3v) is 5.89.